The van der Waals surface area contributed by atoms with Crippen LogP contribution in [0.2, 0.25) is 10.0 Å². The molecule has 0 spiro atoms. The summed E-state index contributed by atoms with van der Waals surface area (Å²) in [5.41, 5.74) is 2.24. The largest absolute Gasteiger partial charge is 0.493 e. The smallest absolute Gasteiger partial charge is 0.290 e. The molecule has 1 atom stereocenters. The molecule has 1 saturated carbocycles. The van der Waals surface area contributed by atoms with Gasteiger partial charge in [0.05, 0.1) is 12.2 Å². The fraction of sp³-hybridized carbons (Fsp3) is 0.500. The number of likely N-dealkylation sites (tertiary alicyclic amines) is 2. The van der Waals surface area contributed by atoms with E-state index < -0.39 is 5.82 Å². The zero-order chi connectivity index (χ0) is 26.7. The predicted molar refractivity (Wildman–Crippen MR) is 142 cm³/mol. The Labute approximate surface area is 227 Å². The number of carbonyl (C=O) groups excluding carboxylic acids is 1. The van der Waals surface area contributed by atoms with Gasteiger partial charge in [-0.3, -0.25) is 14.5 Å². The zero-order valence-electron chi connectivity index (χ0n) is 21.2. The van der Waals surface area contributed by atoms with E-state index in [1.807, 2.05) is 12.1 Å². The molecule has 1 unspecified atom stereocenters. The van der Waals surface area contributed by atoms with Crippen LogP contribution in [0, 0.1) is 17.2 Å². The fourth-order valence-corrected chi connectivity index (χ4v) is 5.88. The normalized spacial score (nSPS) is 20.6. The summed E-state index contributed by atoms with van der Waals surface area (Å²) in [6, 6.07) is 8.81. The summed E-state index contributed by atoms with van der Waals surface area (Å²) in [6.07, 6.45) is 3.09. The van der Waals surface area contributed by atoms with E-state index in [1.165, 1.54) is 6.07 Å². The molecule has 6 nitrogen and oxygen atoms in total. The van der Waals surface area contributed by atoms with Crippen LogP contribution in [-0.2, 0) is 11.3 Å². The van der Waals surface area contributed by atoms with Crippen LogP contribution in [-0.4, -0.2) is 60.1 Å². The Morgan fingerprint density at radius 2 is 1.81 bits per heavy atom. The molecule has 9 heteroatoms. The molecule has 0 radical (unpaired) electrons. The number of carboxylic acid groups (broad SMARTS) is 1. The molecular weight excluding hydrogens is 518 g/mol. The second-order valence-corrected chi connectivity index (χ2v) is 11.8. The van der Waals surface area contributed by atoms with Crippen LogP contribution in [0.15, 0.2) is 30.3 Å². The van der Waals surface area contributed by atoms with Gasteiger partial charge in [0.1, 0.15) is 11.6 Å². The lowest BCUT2D eigenvalue weighted by atomic mass is 9.82. The molecule has 5 rings (SSSR count). The first-order valence-corrected chi connectivity index (χ1v) is 13.4. The van der Waals surface area contributed by atoms with Gasteiger partial charge in [0.15, 0.2) is 0 Å². The number of halogens is 3. The third-order valence-corrected chi connectivity index (χ3v) is 7.61. The number of benzene rings is 2. The number of hydrogen-bond donors (Lipinski definition) is 1. The molecule has 3 fully saturated rings. The van der Waals surface area contributed by atoms with Gasteiger partial charge in [-0.15, -0.1) is 0 Å². The van der Waals surface area contributed by atoms with Crippen molar-refractivity contribution in [2.24, 2.45) is 11.3 Å². The molecule has 2 aliphatic heterocycles. The maximum Gasteiger partial charge on any atom is 0.290 e. The molecule has 1 N–H and O–H groups in total. The van der Waals surface area contributed by atoms with Crippen molar-refractivity contribution in [1.29, 1.82) is 0 Å². The monoisotopic (exact) mass is 550 g/mol. The van der Waals surface area contributed by atoms with E-state index in [0.717, 1.165) is 50.0 Å². The lowest BCUT2D eigenvalue weighted by Crippen LogP contribution is -2.56. The van der Waals surface area contributed by atoms with E-state index in [0.29, 0.717) is 47.3 Å². The van der Waals surface area contributed by atoms with Gasteiger partial charge < -0.3 is 14.7 Å². The molecule has 2 saturated heterocycles. The van der Waals surface area contributed by atoms with Crippen LogP contribution < -0.4 is 4.74 Å². The lowest BCUT2D eigenvalue weighted by Gasteiger charge is -2.48. The molecule has 2 aromatic rings. The van der Waals surface area contributed by atoms with Crippen LogP contribution in [0.4, 0.5) is 4.39 Å². The van der Waals surface area contributed by atoms with Crippen LogP contribution in [0.25, 0.3) is 0 Å². The Bertz CT molecular complexity index is 1130. The number of carbonyl (C=O) groups is 2. The standard InChI is InChI=1S/C27H31Cl2FN2O2.CH2O2/c1-17-5-6-32(12-17)26(33)23-10-22(19-3-4-19)25(11-24(23)30)34-16-27(2)14-31(15-27)13-18-7-20(28)9-21(29)8-18;2-1-3/h7-11,17,19H,3-6,12-16H2,1-2H3;1H,(H,2,3). The topological polar surface area (TPSA) is 70.1 Å². The summed E-state index contributed by atoms with van der Waals surface area (Å²) in [4.78, 5) is 25.4. The van der Waals surface area contributed by atoms with E-state index in [-0.39, 0.29) is 23.4 Å². The molecule has 2 aromatic carbocycles. The predicted octanol–water partition coefficient (Wildman–Crippen LogP) is 6.09. The summed E-state index contributed by atoms with van der Waals surface area (Å²) >= 11 is 12.2. The second kappa shape index (κ2) is 11.6. The average molecular weight is 551 g/mol. The van der Waals surface area contributed by atoms with Gasteiger partial charge in [-0.1, -0.05) is 37.0 Å². The summed E-state index contributed by atoms with van der Waals surface area (Å²) in [5.74, 6) is 0.738. The minimum absolute atomic E-state index is 0.0140. The molecule has 2 heterocycles. The third-order valence-electron chi connectivity index (χ3n) is 7.17. The highest BCUT2D eigenvalue weighted by atomic mass is 35.5. The molecule has 37 heavy (non-hydrogen) atoms. The minimum Gasteiger partial charge on any atom is -0.493 e. The van der Waals surface area contributed by atoms with Crippen molar-refractivity contribution in [2.75, 3.05) is 32.8 Å². The Morgan fingerprint density at radius 1 is 1.16 bits per heavy atom. The van der Waals surface area contributed by atoms with Gasteiger partial charge in [0, 0.05) is 54.3 Å². The summed E-state index contributed by atoms with van der Waals surface area (Å²) in [7, 11) is 0. The minimum atomic E-state index is -0.484. The SMILES string of the molecule is CC1CCN(C(=O)c2cc(C3CC3)c(OCC3(C)CN(Cc4cc(Cl)cc(Cl)c4)C3)cc2F)C1.O=CO. The van der Waals surface area contributed by atoms with E-state index in [1.54, 1.807) is 17.0 Å². The second-order valence-electron chi connectivity index (χ2n) is 10.9. The van der Waals surface area contributed by atoms with E-state index in [2.05, 4.69) is 18.7 Å². The van der Waals surface area contributed by atoms with Gasteiger partial charge in [-0.25, -0.2) is 4.39 Å². The highest BCUT2D eigenvalue weighted by Crippen LogP contribution is 2.46. The third kappa shape index (κ3) is 6.95. The van der Waals surface area contributed by atoms with Crippen molar-refractivity contribution in [1.82, 2.24) is 9.80 Å². The highest BCUT2D eigenvalue weighted by molar-refractivity contribution is 6.34. The van der Waals surface area contributed by atoms with Crippen molar-refractivity contribution in [2.45, 2.75) is 45.6 Å². The van der Waals surface area contributed by atoms with E-state index in [4.69, 9.17) is 37.8 Å². The van der Waals surface area contributed by atoms with Gasteiger partial charge >= 0.3 is 0 Å². The molecule has 0 bridgehead atoms. The number of hydrogen-bond acceptors (Lipinski definition) is 4. The van der Waals surface area contributed by atoms with E-state index >= 15 is 4.39 Å². The molecule has 1 aliphatic carbocycles. The van der Waals surface area contributed by atoms with Gasteiger partial charge in [-0.05, 0) is 66.5 Å². The first kappa shape index (κ1) is 27.7. The number of ether oxygens (including phenoxy) is 1. The molecule has 1 amide bonds. The Balaban J connectivity index is 0.00000102. The highest BCUT2D eigenvalue weighted by Gasteiger charge is 2.40. The Morgan fingerprint density at radius 3 is 2.38 bits per heavy atom. The number of nitrogens with zero attached hydrogens (tertiary/aromatic N) is 2. The summed E-state index contributed by atoms with van der Waals surface area (Å²) < 4.78 is 21.2. The average Bonchev–Trinajstić information content (AvgIpc) is 3.56. The van der Waals surface area contributed by atoms with Crippen molar-refractivity contribution >= 4 is 35.6 Å². The first-order valence-electron chi connectivity index (χ1n) is 12.6. The van der Waals surface area contributed by atoms with Crippen LogP contribution in [0.1, 0.15) is 60.5 Å². The molecular formula is C28H33Cl2FN2O4. The van der Waals surface area contributed by atoms with Crippen molar-refractivity contribution in [3.05, 3.63) is 62.9 Å². The maximum absolute atomic E-state index is 15.0. The summed E-state index contributed by atoms with van der Waals surface area (Å²) in [6.45, 7) is 8.51. The number of rotatable bonds is 7. The first-order chi connectivity index (χ1) is 17.6. The molecule has 0 aromatic heterocycles. The Hall–Kier alpha value is -2.35. The van der Waals surface area contributed by atoms with Gasteiger partial charge in [0.25, 0.3) is 12.4 Å². The van der Waals surface area contributed by atoms with Crippen LogP contribution >= 0.6 is 23.2 Å². The summed E-state index contributed by atoms with van der Waals surface area (Å²) in [5, 5.41) is 8.18. The lowest BCUT2D eigenvalue weighted by molar-refractivity contribution is -0.122. The fourth-order valence-electron chi connectivity index (χ4n) is 5.31. The maximum atomic E-state index is 15.0. The zero-order valence-corrected chi connectivity index (χ0v) is 22.7. The van der Waals surface area contributed by atoms with Crippen molar-refractivity contribution in [3.8, 4) is 5.75 Å². The van der Waals surface area contributed by atoms with E-state index in [9.17, 15) is 4.79 Å². The van der Waals surface area contributed by atoms with Crippen molar-refractivity contribution < 1.29 is 23.8 Å². The number of amides is 1. The molecule has 3 aliphatic rings. The molecule has 200 valence electrons. The van der Waals surface area contributed by atoms with Crippen molar-refractivity contribution in [3.63, 3.8) is 0 Å². The van der Waals surface area contributed by atoms with Crippen LogP contribution in [0.3, 0.4) is 0 Å². The quantitative estimate of drug-likeness (QED) is 0.422. The van der Waals surface area contributed by atoms with Gasteiger partial charge in [-0.2, -0.15) is 0 Å². The van der Waals surface area contributed by atoms with Crippen LogP contribution in [0.5, 0.6) is 5.75 Å². The Kier molecular flexibility index (Phi) is 8.66. The van der Waals surface area contributed by atoms with Gasteiger partial charge in [0.2, 0.25) is 0 Å².